The number of aryl methyl sites for hydroxylation is 1. The lowest BCUT2D eigenvalue weighted by molar-refractivity contribution is -0.384. The molecule has 0 saturated heterocycles. The van der Waals surface area contributed by atoms with Crippen LogP contribution in [-0.4, -0.2) is 22.4 Å². The quantitative estimate of drug-likeness (QED) is 0.272. The van der Waals surface area contributed by atoms with Gasteiger partial charge in [0.1, 0.15) is 0 Å². The zero-order valence-corrected chi connectivity index (χ0v) is 15.7. The number of rotatable bonds is 6. The summed E-state index contributed by atoms with van der Waals surface area (Å²) >= 11 is 3.09. The van der Waals surface area contributed by atoms with Gasteiger partial charge in [-0.05, 0) is 36.1 Å². The summed E-state index contributed by atoms with van der Waals surface area (Å²) in [7, 11) is 0. The van der Waals surface area contributed by atoms with E-state index >= 15 is 0 Å². The highest BCUT2D eigenvalue weighted by molar-refractivity contribution is 7.11. The topological polar surface area (TPSA) is 72.8 Å². The molecule has 132 valence electrons. The molecule has 3 rings (SSSR count). The molecule has 0 aliphatic heterocycles. The fourth-order valence-electron chi connectivity index (χ4n) is 2.24. The van der Waals surface area contributed by atoms with Crippen LogP contribution in [0.4, 0.5) is 5.69 Å². The van der Waals surface area contributed by atoms with Crippen molar-refractivity contribution in [2.45, 2.75) is 6.92 Å². The zero-order chi connectivity index (χ0) is 18.5. The van der Waals surface area contributed by atoms with Crippen molar-refractivity contribution in [3.8, 4) is 11.3 Å². The third kappa shape index (κ3) is 3.87. The first kappa shape index (κ1) is 18.0. The van der Waals surface area contributed by atoms with E-state index in [1.54, 1.807) is 34.2 Å². The van der Waals surface area contributed by atoms with Crippen molar-refractivity contribution >= 4 is 34.6 Å². The van der Waals surface area contributed by atoms with Gasteiger partial charge in [-0.25, -0.2) is 4.68 Å². The minimum atomic E-state index is -0.409. The van der Waals surface area contributed by atoms with Gasteiger partial charge in [0.05, 0.1) is 28.3 Å². The van der Waals surface area contributed by atoms with Crippen molar-refractivity contribution in [1.29, 1.82) is 0 Å². The molecule has 0 spiro atoms. The van der Waals surface area contributed by atoms with Crippen molar-refractivity contribution in [3.63, 3.8) is 0 Å². The number of nitrogens with zero attached hydrogens (tertiary/aromatic N) is 4. The Morgan fingerprint density at radius 2 is 2.04 bits per heavy atom. The Labute approximate surface area is 158 Å². The Morgan fingerprint density at radius 3 is 2.65 bits per heavy atom. The predicted molar refractivity (Wildman–Crippen MR) is 107 cm³/mol. The molecule has 0 atom stereocenters. The van der Waals surface area contributed by atoms with Gasteiger partial charge in [0.15, 0.2) is 0 Å². The lowest BCUT2D eigenvalue weighted by atomic mass is 10.1. The van der Waals surface area contributed by atoms with E-state index in [0.29, 0.717) is 6.54 Å². The van der Waals surface area contributed by atoms with Crippen LogP contribution in [0.25, 0.3) is 11.3 Å². The summed E-state index contributed by atoms with van der Waals surface area (Å²) in [6.07, 6.45) is 3.54. The van der Waals surface area contributed by atoms with E-state index < -0.39 is 4.92 Å². The third-order valence-corrected chi connectivity index (χ3v) is 5.41. The second-order valence-corrected chi connectivity index (χ2v) is 7.15. The zero-order valence-electron chi connectivity index (χ0n) is 14.0. The van der Waals surface area contributed by atoms with Crippen LogP contribution in [0, 0.1) is 17.0 Å². The van der Waals surface area contributed by atoms with Crippen molar-refractivity contribution < 1.29 is 4.92 Å². The summed E-state index contributed by atoms with van der Waals surface area (Å²) in [6.45, 7) is 6.23. The molecule has 0 unspecified atom stereocenters. The van der Waals surface area contributed by atoms with Gasteiger partial charge in [-0.1, -0.05) is 6.08 Å². The van der Waals surface area contributed by atoms with Gasteiger partial charge in [0, 0.05) is 23.1 Å². The lowest BCUT2D eigenvalue weighted by Crippen LogP contribution is -2.12. The first-order valence-corrected chi connectivity index (χ1v) is 9.51. The summed E-state index contributed by atoms with van der Waals surface area (Å²) in [4.78, 5) is 16.8. The van der Waals surface area contributed by atoms with E-state index in [4.69, 9.17) is 0 Å². The van der Waals surface area contributed by atoms with E-state index in [-0.39, 0.29) is 5.69 Å². The van der Waals surface area contributed by atoms with Gasteiger partial charge in [0.25, 0.3) is 5.69 Å². The molecule has 2 heterocycles. The molecular weight excluding hydrogens is 368 g/mol. The summed E-state index contributed by atoms with van der Waals surface area (Å²) < 4.78 is 1.76. The Morgan fingerprint density at radius 1 is 1.27 bits per heavy atom. The Hall–Kier alpha value is -2.84. The highest BCUT2D eigenvalue weighted by Gasteiger charge is 2.10. The molecule has 0 bridgehead atoms. The van der Waals surface area contributed by atoms with Crippen molar-refractivity contribution in [2.75, 3.05) is 6.54 Å². The lowest BCUT2D eigenvalue weighted by Gasteiger charge is -2.03. The smallest absolute Gasteiger partial charge is 0.258 e. The van der Waals surface area contributed by atoms with Crippen LogP contribution in [0.3, 0.4) is 0 Å². The largest absolute Gasteiger partial charge is 0.269 e. The number of hydrogen-bond donors (Lipinski definition) is 0. The molecule has 8 heteroatoms. The second kappa shape index (κ2) is 8.03. The van der Waals surface area contributed by atoms with Gasteiger partial charge < -0.3 is 0 Å². The fraction of sp³-hybridized carbons (Fsp3) is 0.111. The monoisotopic (exact) mass is 384 g/mol. The standard InChI is InChI=1S/C18H16N4O2S2/c1-3-9-19-18-21(20-11-17-13(2)8-10-25-17)16(12-26-18)14-4-6-15(7-5-14)22(23)24/h3-8,10-12H,1,9H2,2H3. The predicted octanol–water partition coefficient (Wildman–Crippen LogP) is 4.46. The third-order valence-electron chi connectivity index (χ3n) is 3.61. The number of nitro benzene ring substituents is 1. The van der Waals surface area contributed by atoms with Crippen LogP contribution in [0.5, 0.6) is 0 Å². The molecule has 0 amide bonds. The number of thiophene rings is 1. The Balaban J connectivity index is 2.06. The molecule has 2 aromatic heterocycles. The van der Waals surface area contributed by atoms with Gasteiger partial charge in [-0.3, -0.25) is 15.1 Å². The first-order chi connectivity index (χ1) is 12.6. The van der Waals surface area contributed by atoms with Crippen molar-refractivity contribution in [2.24, 2.45) is 10.1 Å². The Bertz CT molecular complexity index is 1030. The van der Waals surface area contributed by atoms with E-state index in [1.807, 2.05) is 30.0 Å². The summed E-state index contributed by atoms with van der Waals surface area (Å²) in [5.74, 6) is 0. The summed E-state index contributed by atoms with van der Waals surface area (Å²) in [5.41, 5.74) is 2.89. The molecule has 0 aliphatic carbocycles. The molecule has 0 saturated carbocycles. The number of hydrogen-bond acceptors (Lipinski definition) is 6. The Kier molecular flexibility index (Phi) is 5.55. The van der Waals surface area contributed by atoms with Crippen LogP contribution < -0.4 is 4.80 Å². The van der Waals surface area contributed by atoms with Crippen LogP contribution in [0.15, 0.2) is 63.8 Å². The fourth-order valence-corrected chi connectivity index (χ4v) is 3.87. The number of benzene rings is 1. The molecule has 3 aromatic rings. The van der Waals surface area contributed by atoms with Crippen LogP contribution >= 0.6 is 22.7 Å². The highest BCUT2D eigenvalue weighted by atomic mass is 32.1. The molecule has 6 nitrogen and oxygen atoms in total. The maximum Gasteiger partial charge on any atom is 0.269 e. The van der Waals surface area contributed by atoms with E-state index in [1.165, 1.54) is 23.5 Å². The van der Waals surface area contributed by atoms with Gasteiger partial charge >= 0.3 is 0 Å². The van der Waals surface area contributed by atoms with Crippen molar-refractivity contribution in [3.05, 3.63) is 79.1 Å². The van der Waals surface area contributed by atoms with Gasteiger partial charge in [-0.15, -0.1) is 29.3 Å². The van der Waals surface area contributed by atoms with Gasteiger partial charge in [-0.2, -0.15) is 5.10 Å². The minimum Gasteiger partial charge on any atom is -0.258 e. The maximum atomic E-state index is 10.9. The molecule has 1 aromatic carbocycles. The second-order valence-electron chi connectivity index (χ2n) is 5.36. The molecule has 0 N–H and O–H groups in total. The summed E-state index contributed by atoms with van der Waals surface area (Å²) in [6, 6.07) is 8.47. The number of nitro groups is 1. The van der Waals surface area contributed by atoms with Crippen LogP contribution in [0.1, 0.15) is 10.4 Å². The summed E-state index contributed by atoms with van der Waals surface area (Å²) in [5, 5.41) is 19.4. The molecule has 0 aliphatic rings. The van der Waals surface area contributed by atoms with Gasteiger partial charge in [0.2, 0.25) is 4.80 Å². The number of thiazole rings is 1. The van der Waals surface area contributed by atoms with Crippen LogP contribution in [0.2, 0.25) is 0 Å². The normalized spacial score (nSPS) is 12.0. The molecule has 26 heavy (non-hydrogen) atoms. The first-order valence-electron chi connectivity index (χ1n) is 7.75. The number of non-ortho nitro benzene ring substituents is 1. The SMILES string of the molecule is C=CCN=c1scc(-c2ccc([N+](=O)[O-])cc2)n1N=Cc1sccc1C. The average molecular weight is 384 g/mol. The molecular formula is C18H16N4O2S2. The number of aromatic nitrogens is 1. The van der Waals surface area contributed by atoms with E-state index in [9.17, 15) is 10.1 Å². The average Bonchev–Trinajstić information content (AvgIpc) is 3.24. The maximum absolute atomic E-state index is 10.9. The minimum absolute atomic E-state index is 0.0600. The van der Waals surface area contributed by atoms with E-state index in [0.717, 1.165) is 26.5 Å². The molecule has 0 fully saturated rings. The van der Waals surface area contributed by atoms with Crippen molar-refractivity contribution in [1.82, 2.24) is 4.68 Å². The molecule has 0 radical (unpaired) electrons. The van der Waals surface area contributed by atoms with E-state index in [2.05, 4.69) is 16.7 Å². The van der Waals surface area contributed by atoms with Crippen LogP contribution in [-0.2, 0) is 0 Å². The highest BCUT2D eigenvalue weighted by Crippen LogP contribution is 2.23.